The van der Waals surface area contributed by atoms with Crippen molar-refractivity contribution in [3.8, 4) is 5.75 Å². The first-order valence-corrected chi connectivity index (χ1v) is 10.3. The minimum atomic E-state index is -3.25. The van der Waals surface area contributed by atoms with E-state index in [1.807, 2.05) is 34.9 Å². The first-order valence-electron chi connectivity index (χ1n) is 8.43. The highest BCUT2D eigenvalue weighted by Crippen LogP contribution is 2.19. The first-order chi connectivity index (χ1) is 12.4. The van der Waals surface area contributed by atoms with Crippen molar-refractivity contribution in [3.05, 3.63) is 53.3 Å². The molecule has 140 valence electrons. The third-order valence-corrected chi connectivity index (χ3v) is 5.74. The Morgan fingerprint density at radius 1 is 1.23 bits per heavy atom. The minimum Gasteiger partial charge on any atom is -0.497 e. The molecule has 1 amide bonds. The van der Waals surface area contributed by atoms with Gasteiger partial charge in [0.25, 0.3) is 5.91 Å². The van der Waals surface area contributed by atoms with E-state index in [0.29, 0.717) is 38.3 Å². The van der Waals surface area contributed by atoms with Crippen LogP contribution in [0.4, 0.5) is 0 Å². The summed E-state index contributed by atoms with van der Waals surface area (Å²) in [6.07, 6.45) is 1.89. The predicted molar refractivity (Wildman–Crippen MR) is 98.5 cm³/mol. The van der Waals surface area contributed by atoms with Crippen LogP contribution >= 0.6 is 0 Å². The lowest BCUT2D eigenvalue weighted by atomic mass is 10.2. The van der Waals surface area contributed by atoms with Gasteiger partial charge < -0.3 is 14.6 Å². The summed E-state index contributed by atoms with van der Waals surface area (Å²) in [5.74, 6) is 0.570. The molecule has 0 atom stereocenters. The Bertz CT molecular complexity index is 905. The van der Waals surface area contributed by atoms with Gasteiger partial charge in [0.15, 0.2) is 0 Å². The van der Waals surface area contributed by atoms with Crippen LogP contribution in [0.1, 0.15) is 28.2 Å². The smallest absolute Gasteiger partial charge is 0.268 e. The number of rotatable bonds is 5. The zero-order valence-corrected chi connectivity index (χ0v) is 15.8. The number of methoxy groups -OCH3 is 1. The van der Waals surface area contributed by atoms with E-state index in [1.165, 1.54) is 10.6 Å². The highest BCUT2D eigenvalue weighted by atomic mass is 32.2. The van der Waals surface area contributed by atoms with Crippen LogP contribution in [-0.4, -0.2) is 43.1 Å². The summed E-state index contributed by atoms with van der Waals surface area (Å²) in [6.45, 7) is 1.77. The molecule has 3 rings (SSSR count). The quantitative estimate of drug-likeness (QED) is 0.858. The summed E-state index contributed by atoms with van der Waals surface area (Å²) < 4.78 is 32.2. The molecular weight excluding hydrogens is 354 g/mol. The molecule has 0 aliphatic carbocycles. The number of hydrogen-bond donors (Lipinski definition) is 1. The van der Waals surface area contributed by atoms with Crippen LogP contribution in [0, 0.1) is 0 Å². The first kappa shape index (κ1) is 18.5. The summed E-state index contributed by atoms with van der Waals surface area (Å²) in [6, 6.07) is 11.1. The predicted octanol–water partition coefficient (Wildman–Crippen LogP) is 1.59. The fraction of sp³-hybridized carbons (Fsp3) is 0.389. The number of carbonyl (C=O) groups is 1. The Hall–Kier alpha value is -2.32. The molecule has 26 heavy (non-hydrogen) atoms. The van der Waals surface area contributed by atoms with Crippen LogP contribution < -0.4 is 10.1 Å². The molecule has 2 aromatic rings. The van der Waals surface area contributed by atoms with Crippen LogP contribution in [-0.2, 0) is 29.7 Å². The normalized spacial score (nSPS) is 15.2. The van der Waals surface area contributed by atoms with E-state index in [-0.39, 0.29) is 5.91 Å². The van der Waals surface area contributed by atoms with E-state index in [9.17, 15) is 13.2 Å². The number of ether oxygens (including phenoxy) is 1. The Morgan fingerprint density at radius 2 is 2.04 bits per heavy atom. The van der Waals surface area contributed by atoms with E-state index < -0.39 is 10.0 Å². The summed E-state index contributed by atoms with van der Waals surface area (Å²) >= 11 is 0. The van der Waals surface area contributed by atoms with Gasteiger partial charge in [0.2, 0.25) is 10.0 Å². The monoisotopic (exact) mass is 377 g/mol. The van der Waals surface area contributed by atoms with Crippen molar-refractivity contribution < 1.29 is 17.9 Å². The van der Waals surface area contributed by atoms with E-state index in [2.05, 4.69) is 5.32 Å². The molecule has 1 aromatic heterocycles. The maximum absolute atomic E-state index is 12.6. The van der Waals surface area contributed by atoms with Crippen molar-refractivity contribution in [2.75, 3.05) is 19.9 Å². The summed E-state index contributed by atoms with van der Waals surface area (Å²) in [5.41, 5.74) is 2.33. The molecular formula is C18H23N3O4S. The van der Waals surface area contributed by atoms with E-state index in [4.69, 9.17) is 4.74 Å². The van der Waals surface area contributed by atoms with Gasteiger partial charge in [0, 0.05) is 25.3 Å². The maximum Gasteiger partial charge on any atom is 0.268 e. The number of nitrogens with zero attached hydrogens (tertiary/aromatic N) is 2. The number of benzene rings is 1. The molecule has 0 saturated carbocycles. The number of hydrogen-bond acceptors (Lipinski definition) is 4. The van der Waals surface area contributed by atoms with Gasteiger partial charge in [-0.05, 0) is 36.2 Å². The molecule has 0 radical (unpaired) electrons. The van der Waals surface area contributed by atoms with Crippen molar-refractivity contribution in [1.29, 1.82) is 0 Å². The molecule has 0 saturated heterocycles. The van der Waals surface area contributed by atoms with Crippen molar-refractivity contribution in [2.45, 2.75) is 26.1 Å². The molecule has 0 fully saturated rings. The van der Waals surface area contributed by atoms with Gasteiger partial charge >= 0.3 is 0 Å². The second-order valence-electron chi connectivity index (χ2n) is 6.35. The largest absolute Gasteiger partial charge is 0.497 e. The highest BCUT2D eigenvalue weighted by molar-refractivity contribution is 7.88. The molecule has 1 aliphatic rings. The molecule has 1 aliphatic heterocycles. The molecule has 1 N–H and O–H groups in total. The van der Waals surface area contributed by atoms with Gasteiger partial charge in [-0.3, -0.25) is 4.79 Å². The lowest BCUT2D eigenvalue weighted by Crippen LogP contribution is -2.29. The topological polar surface area (TPSA) is 80.6 Å². The Labute approximate surface area is 153 Å². The van der Waals surface area contributed by atoms with Crippen LogP contribution in [0.15, 0.2) is 36.4 Å². The number of aromatic nitrogens is 1. The third kappa shape index (κ3) is 4.08. The molecule has 7 nitrogen and oxygen atoms in total. The molecule has 0 unspecified atom stereocenters. The average molecular weight is 377 g/mol. The number of nitrogens with one attached hydrogen (secondary N) is 1. The third-order valence-electron chi connectivity index (χ3n) is 4.49. The van der Waals surface area contributed by atoms with Gasteiger partial charge in [-0.25, -0.2) is 8.42 Å². The number of carbonyl (C=O) groups excluding carboxylic acids is 1. The zero-order valence-electron chi connectivity index (χ0n) is 14.9. The fourth-order valence-electron chi connectivity index (χ4n) is 3.11. The van der Waals surface area contributed by atoms with Crippen LogP contribution in [0.3, 0.4) is 0 Å². The second kappa shape index (κ2) is 7.51. The zero-order chi connectivity index (χ0) is 18.7. The van der Waals surface area contributed by atoms with E-state index in [0.717, 1.165) is 17.0 Å². The SMILES string of the molecule is COc1cccc(CNC(=O)c2ccc3n2CCCN(S(C)(=O)=O)C3)c1. The lowest BCUT2D eigenvalue weighted by Gasteiger charge is -2.16. The minimum absolute atomic E-state index is 0.174. The van der Waals surface area contributed by atoms with Gasteiger partial charge in [0.05, 0.1) is 19.9 Å². The second-order valence-corrected chi connectivity index (χ2v) is 8.33. The van der Waals surface area contributed by atoms with E-state index in [1.54, 1.807) is 13.2 Å². The Balaban J connectivity index is 1.72. The standard InChI is InChI=1S/C18H23N3O4S/c1-25-16-6-3-5-14(11-16)12-19-18(22)17-8-7-15-13-20(26(2,23)24)9-4-10-21(15)17/h3,5-8,11H,4,9-10,12-13H2,1-2H3,(H,19,22). The van der Waals surface area contributed by atoms with Crippen LogP contribution in [0.2, 0.25) is 0 Å². The van der Waals surface area contributed by atoms with E-state index >= 15 is 0 Å². The Morgan fingerprint density at radius 3 is 2.77 bits per heavy atom. The van der Waals surface area contributed by atoms with Crippen LogP contribution in [0.5, 0.6) is 5.75 Å². The molecule has 2 heterocycles. The van der Waals surface area contributed by atoms with Gasteiger partial charge in [-0.1, -0.05) is 12.1 Å². The number of fused-ring (bicyclic) bond motifs is 1. The van der Waals surface area contributed by atoms with Gasteiger partial charge in [-0.15, -0.1) is 0 Å². The molecule has 8 heteroatoms. The highest BCUT2D eigenvalue weighted by Gasteiger charge is 2.24. The van der Waals surface area contributed by atoms with Gasteiger partial charge in [0.1, 0.15) is 11.4 Å². The maximum atomic E-state index is 12.6. The van der Waals surface area contributed by atoms with Crippen LogP contribution in [0.25, 0.3) is 0 Å². The summed E-state index contributed by atoms with van der Waals surface area (Å²) in [5, 5.41) is 2.92. The Kier molecular flexibility index (Phi) is 5.33. The molecule has 0 spiro atoms. The fourth-order valence-corrected chi connectivity index (χ4v) is 3.94. The van der Waals surface area contributed by atoms with Crippen molar-refractivity contribution >= 4 is 15.9 Å². The molecule has 0 bridgehead atoms. The van der Waals surface area contributed by atoms with Crippen molar-refractivity contribution in [3.63, 3.8) is 0 Å². The molecule has 1 aromatic carbocycles. The summed E-state index contributed by atoms with van der Waals surface area (Å²) in [7, 11) is -1.64. The average Bonchev–Trinajstić information content (AvgIpc) is 2.88. The number of amides is 1. The van der Waals surface area contributed by atoms with Crippen molar-refractivity contribution in [1.82, 2.24) is 14.2 Å². The number of sulfonamides is 1. The van der Waals surface area contributed by atoms with Gasteiger partial charge in [-0.2, -0.15) is 4.31 Å². The van der Waals surface area contributed by atoms with Crippen molar-refractivity contribution in [2.24, 2.45) is 0 Å². The lowest BCUT2D eigenvalue weighted by molar-refractivity contribution is 0.0941. The summed E-state index contributed by atoms with van der Waals surface area (Å²) in [4.78, 5) is 12.6.